The Kier molecular flexibility index (Phi) is 5.49. The zero-order valence-electron chi connectivity index (χ0n) is 17.6. The molecule has 0 spiro atoms. The van der Waals surface area contributed by atoms with Gasteiger partial charge in [-0.05, 0) is 6.92 Å². The minimum absolute atomic E-state index is 0.0582. The van der Waals surface area contributed by atoms with Gasteiger partial charge in [-0.15, -0.1) is 0 Å². The van der Waals surface area contributed by atoms with Gasteiger partial charge in [-0.3, -0.25) is 19.5 Å². The third-order valence-electron chi connectivity index (χ3n) is 5.92. The topological polar surface area (TPSA) is 109 Å². The van der Waals surface area contributed by atoms with Crippen LogP contribution in [0.4, 0.5) is 13.9 Å². The summed E-state index contributed by atoms with van der Waals surface area (Å²) in [5.41, 5.74) is 0.308. The first kappa shape index (κ1) is 21.7. The molecule has 1 aromatic carbocycles. The van der Waals surface area contributed by atoms with Crippen LogP contribution in [0, 0.1) is 0 Å². The average Bonchev–Trinajstić information content (AvgIpc) is 3.18. The number of nitrogens with zero attached hydrogens (tertiary/aromatic N) is 3. The number of H-pyrrole nitrogens is 1. The van der Waals surface area contributed by atoms with Gasteiger partial charge in [0.2, 0.25) is 5.91 Å². The number of carbonyl (C=O) groups excluding carboxylic acids is 1. The monoisotopic (exact) mass is 477 g/mol. The van der Waals surface area contributed by atoms with Crippen LogP contribution >= 0.6 is 11.3 Å². The van der Waals surface area contributed by atoms with Gasteiger partial charge in [0, 0.05) is 37.8 Å². The molecule has 2 atom stereocenters. The van der Waals surface area contributed by atoms with E-state index in [0.29, 0.717) is 35.4 Å². The smallest absolute Gasteiger partial charge is 0.266 e. The van der Waals surface area contributed by atoms with Crippen LogP contribution in [-0.2, 0) is 4.79 Å². The number of thiazole rings is 1. The summed E-state index contributed by atoms with van der Waals surface area (Å²) in [5, 5.41) is 3.20. The van der Waals surface area contributed by atoms with Crippen molar-refractivity contribution in [1.29, 1.82) is 0 Å². The van der Waals surface area contributed by atoms with Crippen molar-refractivity contribution in [2.45, 2.75) is 31.2 Å². The van der Waals surface area contributed by atoms with Crippen LogP contribution in [0.3, 0.4) is 0 Å². The Morgan fingerprint density at radius 1 is 1.33 bits per heavy atom. The molecule has 3 aromatic rings. The molecule has 2 N–H and O–H groups in total. The molecule has 0 aliphatic carbocycles. The van der Waals surface area contributed by atoms with Gasteiger partial charge in [-0.25, -0.2) is 13.8 Å². The number of piperidine rings is 1. The summed E-state index contributed by atoms with van der Waals surface area (Å²) >= 11 is 1.30. The van der Waals surface area contributed by atoms with Gasteiger partial charge >= 0.3 is 0 Å². The third kappa shape index (κ3) is 4.27. The number of anilines is 1. The number of hydrogen-bond donors (Lipinski definition) is 2. The molecule has 9 nitrogen and oxygen atoms in total. The molecule has 2 aliphatic heterocycles. The molecule has 174 valence electrons. The van der Waals surface area contributed by atoms with Crippen LogP contribution in [0.2, 0.25) is 0 Å². The molecular weight excluding hydrogens is 456 g/mol. The van der Waals surface area contributed by atoms with E-state index in [1.807, 2.05) is 6.07 Å². The van der Waals surface area contributed by atoms with Gasteiger partial charge in [0.1, 0.15) is 13.2 Å². The number of alkyl halides is 2. The SMILES string of the molecule is C[C@@H](C(=O)Nc1nc2cc3c(cc2s1)OCCO3)N1CCC(F)(F)[C@@H](c2c[nH]c(=O)cn2)C1. The maximum Gasteiger partial charge on any atom is 0.266 e. The second kappa shape index (κ2) is 8.34. The molecule has 1 fully saturated rings. The first-order chi connectivity index (χ1) is 15.8. The molecule has 2 aromatic heterocycles. The molecule has 1 amide bonds. The van der Waals surface area contributed by atoms with Gasteiger partial charge < -0.3 is 19.8 Å². The molecule has 33 heavy (non-hydrogen) atoms. The van der Waals surface area contributed by atoms with E-state index in [0.717, 1.165) is 10.9 Å². The molecule has 12 heteroatoms. The summed E-state index contributed by atoms with van der Waals surface area (Å²) in [6.07, 6.45) is 1.79. The number of amides is 1. The summed E-state index contributed by atoms with van der Waals surface area (Å²) in [6.45, 7) is 2.60. The molecule has 2 aliphatic rings. The van der Waals surface area contributed by atoms with Crippen LogP contribution in [0.15, 0.2) is 29.3 Å². The number of ether oxygens (including phenoxy) is 2. The Labute approximate surface area is 190 Å². The Balaban J connectivity index is 1.30. The number of aromatic nitrogens is 3. The standard InChI is InChI=1S/C21H21F2N5O4S/c1-11(28-3-2-21(22,23)12(10-28)14-8-25-18(29)9-24-14)19(30)27-20-26-13-6-15-16(7-17(13)33-20)32-5-4-31-15/h6-9,11-12H,2-5,10H2,1H3,(H,25,29)(H,26,27,30)/t11-,12+/m0/s1. The second-order valence-corrected chi connectivity index (χ2v) is 9.07. The highest BCUT2D eigenvalue weighted by Crippen LogP contribution is 2.40. The molecule has 1 saturated heterocycles. The van der Waals surface area contributed by atoms with Crippen molar-refractivity contribution in [3.8, 4) is 11.5 Å². The fraction of sp³-hybridized carbons (Fsp3) is 0.429. The van der Waals surface area contributed by atoms with E-state index in [2.05, 4.69) is 20.3 Å². The van der Waals surface area contributed by atoms with Crippen molar-refractivity contribution >= 4 is 32.6 Å². The van der Waals surface area contributed by atoms with E-state index in [1.54, 1.807) is 17.9 Å². The van der Waals surface area contributed by atoms with E-state index in [-0.39, 0.29) is 24.7 Å². The number of likely N-dealkylation sites (tertiary alicyclic amines) is 1. The summed E-state index contributed by atoms with van der Waals surface area (Å²) in [5.74, 6) is -3.31. The van der Waals surface area contributed by atoms with Crippen molar-refractivity contribution in [1.82, 2.24) is 19.9 Å². The van der Waals surface area contributed by atoms with Gasteiger partial charge in [-0.1, -0.05) is 11.3 Å². The normalized spacial score (nSPS) is 21.0. The third-order valence-corrected chi connectivity index (χ3v) is 6.85. The lowest BCUT2D eigenvalue weighted by Gasteiger charge is -2.40. The lowest BCUT2D eigenvalue weighted by atomic mass is 9.90. The lowest BCUT2D eigenvalue weighted by Crippen LogP contribution is -2.52. The van der Waals surface area contributed by atoms with Crippen LogP contribution in [0.25, 0.3) is 10.2 Å². The Morgan fingerprint density at radius 2 is 2.09 bits per heavy atom. The minimum atomic E-state index is -2.99. The number of rotatable bonds is 4. The summed E-state index contributed by atoms with van der Waals surface area (Å²) in [4.78, 5) is 36.6. The Hall–Kier alpha value is -3.12. The zero-order valence-corrected chi connectivity index (χ0v) is 18.5. The first-order valence-electron chi connectivity index (χ1n) is 10.5. The summed E-state index contributed by atoms with van der Waals surface area (Å²) in [7, 11) is 0. The van der Waals surface area contributed by atoms with Gasteiger partial charge in [0.15, 0.2) is 16.6 Å². The molecule has 0 bridgehead atoms. The van der Waals surface area contributed by atoms with Crippen LogP contribution < -0.4 is 20.3 Å². The Bertz CT molecular complexity index is 1200. The van der Waals surface area contributed by atoms with Gasteiger partial charge in [-0.2, -0.15) is 0 Å². The largest absolute Gasteiger partial charge is 0.486 e. The fourth-order valence-electron chi connectivity index (χ4n) is 4.03. The van der Waals surface area contributed by atoms with E-state index in [1.165, 1.54) is 17.5 Å². The highest BCUT2D eigenvalue weighted by molar-refractivity contribution is 7.22. The molecule has 0 radical (unpaired) electrons. The van der Waals surface area contributed by atoms with Crippen molar-refractivity contribution in [3.63, 3.8) is 0 Å². The first-order valence-corrected chi connectivity index (χ1v) is 11.3. The van der Waals surface area contributed by atoms with E-state index in [9.17, 15) is 18.4 Å². The fourth-order valence-corrected chi connectivity index (χ4v) is 4.90. The predicted molar refractivity (Wildman–Crippen MR) is 117 cm³/mol. The maximum atomic E-state index is 14.6. The molecule has 4 heterocycles. The molecule has 0 unspecified atom stereocenters. The number of hydrogen-bond acceptors (Lipinski definition) is 8. The number of aromatic amines is 1. The lowest BCUT2D eigenvalue weighted by molar-refractivity contribution is -0.125. The highest BCUT2D eigenvalue weighted by atomic mass is 32.1. The minimum Gasteiger partial charge on any atom is -0.486 e. The van der Waals surface area contributed by atoms with Crippen molar-refractivity contribution in [3.05, 3.63) is 40.6 Å². The Morgan fingerprint density at radius 3 is 2.82 bits per heavy atom. The summed E-state index contributed by atoms with van der Waals surface area (Å²) < 4.78 is 41.2. The van der Waals surface area contributed by atoms with Gasteiger partial charge in [0.05, 0.1) is 34.1 Å². The number of fused-ring (bicyclic) bond motifs is 2. The van der Waals surface area contributed by atoms with Gasteiger partial charge in [0.25, 0.3) is 11.5 Å². The van der Waals surface area contributed by atoms with Crippen molar-refractivity contribution in [2.75, 3.05) is 31.6 Å². The van der Waals surface area contributed by atoms with Crippen molar-refractivity contribution < 1.29 is 23.0 Å². The number of nitrogens with one attached hydrogen (secondary N) is 2. The predicted octanol–water partition coefficient (Wildman–Crippen LogP) is 2.60. The van der Waals surface area contributed by atoms with E-state index < -0.39 is 29.9 Å². The van der Waals surface area contributed by atoms with Crippen LogP contribution in [-0.4, -0.2) is 64.0 Å². The van der Waals surface area contributed by atoms with Crippen LogP contribution in [0.1, 0.15) is 25.0 Å². The van der Waals surface area contributed by atoms with Crippen LogP contribution in [0.5, 0.6) is 11.5 Å². The summed E-state index contributed by atoms with van der Waals surface area (Å²) in [6, 6.07) is 2.93. The molecular formula is C21H21F2N5O4S. The number of carbonyl (C=O) groups is 1. The van der Waals surface area contributed by atoms with E-state index >= 15 is 0 Å². The number of benzene rings is 1. The zero-order chi connectivity index (χ0) is 23.2. The van der Waals surface area contributed by atoms with Crippen molar-refractivity contribution in [2.24, 2.45) is 0 Å². The second-order valence-electron chi connectivity index (χ2n) is 8.04. The molecule has 0 saturated carbocycles. The van der Waals surface area contributed by atoms with E-state index in [4.69, 9.17) is 9.47 Å². The quantitative estimate of drug-likeness (QED) is 0.595. The average molecular weight is 477 g/mol. The maximum absolute atomic E-state index is 14.6. The number of halogens is 2. The highest BCUT2D eigenvalue weighted by Gasteiger charge is 2.47. The molecule has 5 rings (SSSR count).